The number of halogens is 2. The second-order valence-electron chi connectivity index (χ2n) is 2.83. The Hall–Kier alpha value is -0.710. The maximum Gasteiger partial charge on any atom is 0.321 e. The average Bonchev–Trinajstić information content (AvgIpc) is 2.05. The molecule has 0 saturated carbocycles. The molecule has 5 heteroatoms. The first-order valence-electron chi connectivity index (χ1n) is 3.23. The quantitative estimate of drug-likeness (QED) is 0.611. The van der Waals surface area contributed by atoms with E-state index in [0.29, 0.717) is 0 Å². The number of carboxylic acid groups (broad SMARTS) is 1. The Morgan fingerprint density at radius 3 is 2.45 bits per heavy atom. The second-order valence-corrected chi connectivity index (χ2v) is 2.83. The molecule has 1 heterocycles. The van der Waals surface area contributed by atoms with Gasteiger partial charge in [-0.25, -0.2) is 8.78 Å². The summed E-state index contributed by atoms with van der Waals surface area (Å²) in [6, 6.07) is -1.02. The fraction of sp³-hybridized carbons (Fsp3) is 0.833. The molecular weight excluding hydrogens is 156 g/mol. The number of alkyl halides is 2. The molecule has 0 bridgehead atoms. The molecule has 0 aromatic carbocycles. The van der Waals surface area contributed by atoms with E-state index in [1.807, 2.05) is 0 Å². The molecule has 1 aliphatic rings. The van der Waals surface area contributed by atoms with Crippen LogP contribution < -0.4 is 0 Å². The lowest BCUT2D eigenvalue weighted by Crippen LogP contribution is -2.32. The van der Waals surface area contributed by atoms with Gasteiger partial charge in [-0.05, 0) is 7.05 Å². The standard InChI is InChI=1S/C6H9F2NO2/c1-9-3-6(7,8)2-4(9)5(10)11/h4H,2-3H2,1H3,(H,10,11). The Labute approximate surface area is 62.6 Å². The molecule has 1 unspecified atom stereocenters. The zero-order valence-electron chi connectivity index (χ0n) is 6.05. The molecule has 1 rings (SSSR count). The fourth-order valence-corrected chi connectivity index (χ4v) is 1.25. The molecule has 1 saturated heterocycles. The number of nitrogens with zero attached hydrogens (tertiary/aromatic N) is 1. The molecule has 0 amide bonds. The Balaban J connectivity index is 2.66. The van der Waals surface area contributed by atoms with Gasteiger partial charge in [0.25, 0.3) is 5.92 Å². The van der Waals surface area contributed by atoms with E-state index < -0.39 is 30.9 Å². The molecular formula is C6H9F2NO2. The second kappa shape index (κ2) is 2.41. The highest BCUT2D eigenvalue weighted by Crippen LogP contribution is 2.30. The zero-order chi connectivity index (χ0) is 8.65. The molecule has 0 radical (unpaired) electrons. The van der Waals surface area contributed by atoms with Crippen molar-refractivity contribution in [3.8, 4) is 0 Å². The van der Waals surface area contributed by atoms with Gasteiger partial charge in [-0.1, -0.05) is 0 Å². The van der Waals surface area contributed by atoms with Crippen molar-refractivity contribution in [3.63, 3.8) is 0 Å². The lowest BCUT2D eigenvalue weighted by molar-refractivity contribution is -0.141. The molecule has 1 fully saturated rings. The third-order valence-corrected chi connectivity index (χ3v) is 1.79. The first-order valence-corrected chi connectivity index (χ1v) is 3.23. The normalized spacial score (nSPS) is 30.6. The number of likely N-dealkylation sites (tertiary alicyclic amines) is 1. The summed E-state index contributed by atoms with van der Waals surface area (Å²) in [5.41, 5.74) is 0. The number of rotatable bonds is 1. The van der Waals surface area contributed by atoms with Gasteiger partial charge in [-0.3, -0.25) is 9.69 Å². The first kappa shape index (κ1) is 8.39. The number of hydrogen-bond donors (Lipinski definition) is 1. The van der Waals surface area contributed by atoms with Crippen molar-refractivity contribution in [2.45, 2.75) is 18.4 Å². The van der Waals surface area contributed by atoms with Crippen LogP contribution in [0.25, 0.3) is 0 Å². The summed E-state index contributed by atoms with van der Waals surface area (Å²) < 4.78 is 25.0. The van der Waals surface area contributed by atoms with Crippen LogP contribution in [0.1, 0.15) is 6.42 Å². The molecule has 1 atom stereocenters. The third-order valence-electron chi connectivity index (χ3n) is 1.79. The van der Waals surface area contributed by atoms with Gasteiger partial charge in [0, 0.05) is 6.42 Å². The fourth-order valence-electron chi connectivity index (χ4n) is 1.25. The smallest absolute Gasteiger partial charge is 0.321 e. The molecule has 64 valence electrons. The summed E-state index contributed by atoms with van der Waals surface area (Å²) >= 11 is 0. The summed E-state index contributed by atoms with van der Waals surface area (Å²) in [6.45, 7) is -0.454. The number of hydrogen-bond acceptors (Lipinski definition) is 2. The Morgan fingerprint density at radius 1 is 1.73 bits per heavy atom. The number of aliphatic carboxylic acids is 1. The number of likely N-dealkylation sites (N-methyl/N-ethyl adjacent to an activating group) is 1. The maximum absolute atomic E-state index is 12.5. The predicted octanol–water partition coefficient (Wildman–Crippen LogP) is 0.410. The van der Waals surface area contributed by atoms with Gasteiger partial charge >= 0.3 is 5.97 Å². The van der Waals surface area contributed by atoms with Crippen LogP contribution in [-0.2, 0) is 4.79 Å². The zero-order valence-corrected chi connectivity index (χ0v) is 6.05. The van der Waals surface area contributed by atoms with E-state index in [4.69, 9.17) is 5.11 Å². The van der Waals surface area contributed by atoms with Crippen molar-refractivity contribution < 1.29 is 18.7 Å². The van der Waals surface area contributed by atoms with Crippen molar-refractivity contribution in [1.29, 1.82) is 0 Å². The largest absolute Gasteiger partial charge is 0.480 e. The van der Waals surface area contributed by atoms with Crippen molar-refractivity contribution in [2.24, 2.45) is 0 Å². The molecule has 0 aromatic rings. The minimum atomic E-state index is -2.84. The van der Waals surface area contributed by atoms with Crippen LogP contribution in [0, 0.1) is 0 Å². The van der Waals surface area contributed by atoms with Crippen molar-refractivity contribution in [2.75, 3.05) is 13.6 Å². The molecule has 1 N–H and O–H groups in total. The van der Waals surface area contributed by atoms with Crippen LogP contribution in [0.5, 0.6) is 0 Å². The summed E-state index contributed by atoms with van der Waals surface area (Å²) in [6.07, 6.45) is -0.571. The number of carboxylic acids is 1. The molecule has 11 heavy (non-hydrogen) atoms. The van der Waals surface area contributed by atoms with Gasteiger partial charge in [0.05, 0.1) is 6.54 Å². The van der Waals surface area contributed by atoms with Crippen LogP contribution in [0.4, 0.5) is 8.78 Å². The topological polar surface area (TPSA) is 40.5 Å². The molecule has 0 spiro atoms. The highest BCUT2D eigenvalue weighted by molar-refractivity contribution is 5.74. The van der Waals surface area contributed by atoms with Crippen molar-refractivity contribution in [3.05, 3.63) is 0 Å². The van der Waals surface area contributed by atoms with E-state index in [9.17, 15) is 13.6 Å². The van der Waals surface area contributed by atoms with Crippen LogP contribution in [0.3, 0.4) is 0 Å². The maximum atomic E-state index is 12.5. The molecule has 0 aliphatic carbocycles. The van der Waals surface area contributed by atoms with E-state index >= 15 is 0 Å². The van der Waals surface area contributed by atoms with Crippen LogP contribution >= 0.6 is 0 Å². The highest BCUT2D eigenvalue weighted by atomic mass is 19.3. The summed E-state index contributed by atoms with van der Waals surface area (Å²) in [5, 5.41) is 8.44. The minimum Gasteiger partial charge on any atom is -0.480 e. The summed E-state index contributed by atoms with van der Waals surface area (Å²) in [4.78, 5) is 11.5. The average molecular weight is 165 g/mol. The van der Waals surface area contributed by atoms with E-state index in [1.165, 1.54) is 7.05 Å². The van der Waals surface area contributed by atoms with Crippen LogP contribution in [-0.4, -0.2) is 41.5 Å². The molecule has 3 nitrogen and oxygen atoms in total. The minimum absolute atomic E-state index is 0.454. The molecule has 1 aliphatic heterocycles. The SMILES string of the molecule is CN1CC(F)(F)CC1C(=O)O. The lowest BCUT2D eigenvalue weighted by Gasteiger charge is -2.12. The van der Waals surface area contributed by atoms with Crippen LogP contribution in [0.2, 0.25) is 0 Å². The van der Waals surface area contributed by atoms with E-state index in [-0.39, 0.29) is 0 Å². The van der Waals surface area contributed by atoms with E-state index in [0.717, 1.165) is 4.90 Å². The summed E-state index contributed by atoms with van der Waals surface area (Å²) in [7, 11) is 1.39. The number of carbonyl (C=O) groups is 1. The first-order chi connectivity index (χ1) is 4.92. The lowest BCUT2D eigenvalue weighted by atomic mass is 10.2. The van der Waals surface area contributed by atoms with Gasteiger partial charge in [-0.15, -0.1) is 0 Å². The van der Waals surface area contributed by atoms with Gasteiger partial charge in [0.1, 0.15) is 6.04 Å². The Bertz CT molecular complexity index is 183. The van der Waals surface area contributed by atoms with Gasteiger partial charge in [0.15, 0.2) is 0 Å². The monoisotopic (exact) mass is 165 g/mol. The Morgan fingerprint density at radius 2 is 2.27 bits per heavy atom. The third kappa shape index (κ3) is 1.65. The predicted molar refractivity (Wildman–Crippen MR) is 33.6 cm³/mol. The highest BCUT2D eigenvalue weighted by Gasteiger charge is 2.46. The van der Waals surface area contributed by atoms with Gasteiger partial charge in [-0.2, -0.15) is 0 Å². The van der Waals surface area contributed by atoms with Crippen LogP contribution in [0.15, 0.2) is 0 Å². The van der Waals surface area contributed by atoms with Gasteiger partial charge in [0.2, 0.25) is 0 Å². The van der Waals surface area contributed by atoms with Crippen molar-refractivity contribution in [1.82, 2.24) is 4.90 Å². The summed E-state index contributed by atoms with van der Waals surface area (Å²) in [5.74, 6) is -4.01. The van der Waals surface area contributed by atoms with E-state index in [1.54, 1.807) is 0 Å². The van der Waals surface area contributed by atoms with Crippen molar-refractivity contribution >= 4 is 5.97 Å². The van der Waals surface area contributed by atoms with E-state index in [2.05, 4.69) is 0 Å². The van der Waals surface area contributed by atoms with Gasteiger partial charge < -0.3 is 5.11 Å². The Kier molecular flexibility index (Phi) is 1.83. The molecule has 0 aromatic heterocycles.